The maximum absolute atomic E-state index is 13.3. The lowest BCUT2D eigenvalue weighted by molar-refractivity contribution is -0.136. The second-order valence-corrected chi connectivity index (χ2v) is 15.5. The Morgan fingerprint density at radius 1 is 0.893 bits per heavy atom. The summed E-state index contributed by atoms with van der Waals surface area (Å²) >= 11 is 6.26. The molecular formula is C41H41ClN8O6. The number of nitrogens with zero attached hydrogens (tertiary/aromatic N) is 6. The minimum absolute atomic E-state index is 0.0583. The van der Waals surface area contributed by atoms with Gasteiger partial charge in [-0.2, -0.15) is 0 Å². The zero-order valence-electron chi connectivity index (χ0n) is 30.9. The van der Waals surface area contributed by atoms with Crippen LogP contribution in [0.2, 0.25) is 5.02 Å². The number of aromatic nitrogens is 2. The Bertz CT molecular complexity index is 2480. The average molecular weight is 777 g/mol. The predicted octanol–water partition coefficient (Wildman–Crippen LogP) is 4.87. The first-order chi connectivity index (χ1) is 27.1. The molecule has 0 saturated carbocycles. The fourth-order valence-electron chi connectivity index (χ4n) is 8.44. The first kappa shape index (κ1) is 35.9. The Labute approximate surface area is 327 Å². The van der Waals surface area contributed by atoms with Gasteiger partial charge in [0.2, 0.25) is 17.2 Å². The fraction of sp³-hybridized carbons (Fsp3) is 0.366. The fourth-order valence-corrected chi connectivity index (χ4v) is 8.69. The number of fused-ring (bicyclic) bond motifs is 3. The summed E-state index contributed by atoms with van der Waals surface area (Å²) in [7, 11) is 0. The number of nitrogen functional groups attached to an aromatic ring is 1. The Morgan fingerprint density at radius 3 is 2.46 bits per heavy atom. The molecule has 4 aliphatic heterocycles. The Kier molecular flexibility index (Phi) is 9.25. The van der Waals surface area contributed by atoms with Crippen molar-refractivity contribution in [2.75, 3.05) is 61.3 Å². The number of nitrogens with two attached hydrogens (primary N) is 1. The molecule has 0 aliphatic carbocycles. The Morgan fingerprint density at radius 2 is 1.70 bits per heavy atom. The van der Waals surface area contributed by atoms with E-state index in [1.807, 2.05) is 31.2 Å². The lowest BCUT2D eigenvalue weighted by Gasteiger charge is -2.40. The van der Waals surface area contributed by atoms with Gasteiger partial charge < -0.3 is 29.6 Å². The number of aryl methyl sites for hydroxylation is 1. The van der Waals surface area contributed by atoms with Crippen molar-refractivity contribution < 1.29 is 23.5 Å². The summed E-state index contributed by atoms with van der Waals surface area (Å²) in [4.78, 5) is 68.5. The first-order valence-electron chi connectivity index (χ1n) is 19.1. The van der Waals surface area contributed by atoms with Crippen LogP contribution in [0.5, 0.6) is 11.5 Å². The monoisotopic (exact) mass is 776 g/mol. The number of hydrogen-bond acceptors (Lipinski definition) is 12. The van der Waals surface area contributed by atoms with Gasteiger partial charge in [0.15, 0.2) is 22.7 Å². The molecule has 9 rings (SSSR count). The lowest BCUT2D eigenvalue weighted by atomic mass is 9.96. The van der Waals surface area contributed by atoms with Gasteiger partial charge in [0.1, 0.15) is 23.2 Å². The summed E-state index contributed by atoms with van der Waals surface area (Å²) in [6.45, 7) is 8.80. The predicted molar refractivity (Wildman–Crippen MR) is 212 cm³/mol. The summed E-state index contributed by atoms with van der Waals surface area (Å²) in [5.74, 6) is 1.53. The minimum atomic E-state index is -0.607. The van der Waals surface area contributed by atoms with E-state index in [-0.39, 0.29) is 62.6 Å². The molecule has 1 unspecified atom stereocenters. The second-order valence-electron chi connectivity index (χ2n) is 15.1. The number of rotatable bonds is 7. The Balaban J connectivity index is 0.774. The van der Waals surface area contributed by atoms with Crippen LogP contribution in [0.4, 0.5) is 17.3 Å². The standard InChI is InChI=1S/C41H41ClN8O6/c1-23-30(55-33-20-32-37(46-39(33)43)38(52)36-28(42)3-2-4-31(36)56-32)8-9-34(44-23)49-13-11-24(12-14-49)21-47-15-17-48(18-16-47)26-6-5-25-22-50(41(54)27(25)19-26)29-7-10-35(51)45-40(29)53/h2-6,8-9,19-20,24,29H,7,10-18,21-22H2,1H3,(H2,43,46)(H,45,51,53). The van der Waals surface area contributed by atoms with E-state index in [4.69, 9.17) is 31.5 Å². The number of halogens is 1. The molecule has 1 atom stereocenters. The van der Waals surface area contributed by atoms with Gasteiger partial charge in [-0.25, -0.2) is 9.97 Å². The molecule has 3 saturated heterocycles. The minimum Gasteiger partial charge on any atom is -0.454 e. The van der Waals surface area contributed by atoms with Crippen molar-refractivity contribution in [3.05, 3.63) is 86.7 Å². The van der Waals surface area contributed by atoms with Crippen molar-refractivity contribution in [1.29, 1.82) is 0 Å². The van der Waals surface area contributed by atoms with Crippen LogP contribution in [0.25, 0.3) is 22.1 Å². The number of nitrogens with one attached hydrogen (secondary N) is 1. The molecule has 0 radical (unpaired) electrons. The van der Waals surface area contributed by atoms with Crippen molar-refractivity contribution >= 4 is 68.7 Å². The summed E-state index contributed by atoms with van der Waals surface area (Å²) in [5, 5.41) is 2.92. The van der Waals surface area contributed by atoms with Crippen LogP contribution >= 0.6 is 11.6 Å². The number of carbonyl (C=O) groups excluding carboxylic acids is 3. The Hall–Kier alpha value is -5.73. The van der Waals surface area contributed by atoms with Crippen molar-refractivity contribution in [3.63, 3.8) is 0 Å². The zero-order chi connectivity index (χ0) is 38.7. The normalized spacial score (nSPS) is 19.6. The highest BCUT2D eigenvalue weighted by Gasteiger charge is 2.39. The molecule has 4 aliphatic rings. The number of amides is 3. The van der Waals surface area contributed by atoms with Gasteiger partial charge >= 0.3 is 0 Å². The number of piperidine rings is 2. The smallest absolute Gasteiger partial charge is 0.255 e. The lowest BCUT2D eigenvalue weighted by Crippen LogP contribution is -2.52. The quantitative estimate of drug-likeness (QED) is 0.170. The van der Waals surface area contributed by atoms with Crippen LogP contribution in [0.1, 0.15) is 47.3 Å². The van der Waals surface area contributed by atoms with E-state index in [1.165, 1.54) is 0 Å². The number of piperazine rings is 1. The van der Waals surface area contributed by atoms with E-state index in [0.29, 0.717) is 41.5 Å². The molecule has 2 aromatic carbocycles. The zero-order valence-corrected chi connectivity index (χ0v) is 31.7. The molecule has 0 spiro atoms. The van der Waals surface area contributed by atoms with E-state index in [2.05, 4.69) is 31.1 Å². The number of hydrogen-bond donors (Lipinski definition) is 2. The summed E-state index contributed by atoms with van der Waals surface area (Å²) < 4.78 is 12.1. The first-order valence-corrected chi connectivity index (χ1v) is 19.4. The van der Waals surface area contributed by atoms with Gasteiger partial charge in [0.25, 0.3) is 5.91 Å². The highest BCUT2D eigenvalue weighted by atomic mass is 35.5. The molecule has 3 aromatic heterocycles. The number of pyridine rings is 2. The van der Waals surface area contributed by atoms with Gasteiger partial charge in [0.05, 0.1) is 16.1 Å². The van der Waals surface area contributed by atoms with Crippen LogP contribution in [0.3, 0.4) is 0 Å². The number of imide groups is 1. The van der Waals surface area contributed by atoms with Crippen molar-refractivity contribution in [3.8, 4) is 11.5 Å². The van der Waals surface area contributed by atoms with Gasteiger partial charge in [0, 0.05) is 76.1 Å². The third-order valence-corrected chi connectivity index (χ3v) is 11.9. The van der Waals surface area contributed by atoms with Crippen LogP contribution in [0, 0.1) is 12.8 Å². The van der Waals surface area contributed by atoms with Crippen molar-refractivity contribution in [2.45, 2.75) is 45.2 Å². The highest BCUT2D eigenvalue weighted by Crippen LogP contribution is 2.35. The third-order valence-electron chi connectivity index (χ3n) is 11.6. The molecule has 56 heavy (non-hydrogen) atoms. The van der Waals surface area contributed by atoms with E-state index in [1.54, 1.807) is 29.2 Å². The SMILES string of the molecule is Cc1nc(N2CCC(CN3CCN(c4ccc5c(c4)C(=O)N(C4CCC(=O)NC4=O)C5)CC3)CC2)ccc1Oc1cc2oc3cccc(Cl)c3c(=O)c2nc1N. The van der Waals surface area contributed by atoms with Gasteiger partial charge in [-0.3, -0.25) is 29.4 Å². The van der Waals surface area contributed by atoms with Gasteiger partial charge in [-0.05, 0) is 74.1 Å². The molecule has 3 N–H and O–H groups in total. The molecule has 14 nitrogen and oxygen atoms in total. The van der Waals surface area contributed by atoms with Crippen LogP contribution < -0.4 is 31.0 Å². The molecule has 0 bridgehead atoms. The molecule has 3 fully saturated rings. The molecule has 288 valence electrons. The molecule has 7 heterocycles. The topological polar surface area (TPSA) is 167 Å². The van der Waals surface area contributed by atoms with Gasteiger partial charge in [-0.15, -0.1) is 0 Å². The molecule has 3 amide bonds. The number of anilines is 3. The molecule has 5 aromatic rings. The third kappa shape index (κ3) is 6.66. The van der Waals surface area contributed by atoms with Crippen molar-refractivity contribution in [1.82, 2.24) is 25.1 Å². The van der Waals surface area contributed by atoms with E-state index < -0.39 is 6.04 Å². The largest absolute Gasteiger partial charge is 0.454 e. The summed E-state index contributed by atoms with van der Waals surface area (Å²) in [5.41, 5.74) is 9.87. The van der Waals surface area contributed by atoms with E-state index in [9.17, 15) is 19.2 Å². The van der Waals surface area contributed by atoms with Crippen LogP contribution in [-0.4, -0.2) is 89.3 Å². The second kappa shape index (κ2) is 14.4. The average Bonchev–Trinajstić information content (AvgIpc) is 3.51. The molecule has 15 heteroatoms. The maximum Gasteiger partial charge on any atom is 0.255 e. The van der Waals surface area contributed by atoms with Crippen LogP contribution in [0.15, 0.2) is 63.8 Å². The van der Waals surface area contributed by atoms with E-state index in [0.717, 1.165) is 75.7 Å². The number of benzene rings is 2. The van der Waals surface area contributed by atoms with Gasteiger partial charge in [-0.1, -0.05) is 23.7 Å². The molecular weight excluding hydrogens is 736 g/mol. The number of carbonyl (C=O) groups is 3. The maximum atomic E-state index is 13.3. The van der Waals surface area contributed by atoms with Crippen molar-refractivity contribution in [2.24, 2.45) is 5.92 Å². The summed E-state index contributed by atoms with van der Waals surface area (Å²) in [6.07, 6.45) is 2.75. The van der Waals surface area contributed by atoms with Crippen LogP contribution in [-0.2, 0) is 16.1 Å². The van der Waals surface area contributed by atoms with E-state index >= 15 is 0 Å². The highest BCUT2D eigenvalue weighted by molar-refractivity contribution is 6.35. The number of ether oxygens (including phenoxy) is 1. The summed E-state index contributed by atoms with van der Waals surface area (Å²) in [6, 6.07) is 15.9.